The van der Waals surface area contributed by atoms with Crippen LogP contribution in [0.15, 0.2) is 39.5 Å². The summed E-state index contributed by atoms with van der Waals surface area (Å²) in [5.41, 5.74) is 0.0275. The van der Waals surface area contributed by atoms with Gasteiger partial charge in [0, 0.05) is 24.1 Å². The predicted octanol–water partition coefficient (Wildman–Crippen LogP) is 1.24. The van der Waals surface area contributed by atoms with Crippen molar-refractivity contribution < 1.29 is 13.9 Å². The normalized spacial score (nSPS) is 10.9. The van der Waals surface area contributed by atoms with Crippen LogP contribution in [0.25, 0.3) is 11.0 Å². The maximum Gasteiger partial charge on any atom is 0.336 e. The van der Waals surface area contributed by atoms with Gasteiger partial charge in [0.15, 0.2) is 6.61 Å². The van der Waals surface area contributed by atoms with Crippen LogP contribution in [-0.4, -0.2) is 44.6 Å². The molecule has 6 heteroatoms. The van der Waals surface area contributed by atoms with Gasteiger partial charge in [-0.1, -0.05) is 0 Å². The summed E-state index contributed by atoms with van der Waals surface area (Å²) in [6.45, 7) is 1.47. The predicted molar refractivity (Wildman–Crippen MR) is 84.2 cm³/mol. The Labute approximate surface area is 128 Å². The summed E-state index contributed by atoms with van der Waals surface area (Å²) in [5.74, 6) is 0.318. The first-order valence-electron chi connectivity index (χ1n) is 7.13. The minimum absolute atomic E-state index is 0.0649. The van der Waals surface area contributed by atoms with Gasteiger partial charge in [-0.05, 0) is 45.3 Å². The van der Waals surface area contributed by atoms with Crippen molar-refractivity contribution in [2.45, 2.75) is 6.42 Å². The third-order valence-electron chi connectivity index (χ3n) is 3.07. The number of nitrogens with one attached hydrogen (secondary N) is 1. The maximum atomic E-state index is 11.7. The zero-order valence-electron chi connectivity index (χ0n) is 12.8. The first-order valence-corrected chi connectivity index (χ1v) is 7.13. The molecule has 1 aromatic carbocycles. The summed E-state index contributed by atoms with van der Waals surface area (Å²) in [6.07, 6.45) is 0.889. The number of benzene rings is 1. The number of hydrogen-bond donors (Lipinski definition) is 1. The van der Waals surface area contributed by atoms with Crippen molar-refractivity contribution in [1.82, 2.24) is 10.2 Å². The average Bonchev–Trinajstić information content (AvgIpc) is 2.49. The average molecular weight is 304 g/mol. The zero-order chi connectivity index (χ0) is 15.9. The summed E-state index contributed by atoms with van der Waals surface area (Å²) in [7, 11) is 3.98. The summed E-state index contributed by atoms with van der Waals surface area (Å²) in [5, 5.41) is 3.60. The fourth-order valence-corrected chi connectivity index (χ4v) is 1.95. The van der Waals surface area contributed by atoms with Crippen molar-refractivity contribution in [3.63, 3.8) is 0 Å². The Hall–Kier alpha value is -2.34. The summed E-state index contributed by atoms with van der Waals surface area (Å²) >= 11 is 0. The summed E-state index contributed by atoms with van der Waals surface area (Å²) in [6, 6.07) is 8.17. The molecular weight excluding hydrogens is 284 g/mol. The lowest BCUT2D eigenvalue weighted by atomic mass is 10.2. The molecule has 0 saturated heterocycles. The first kappa shape index (κ1) is 16.0. The summed E-state index contributed by atoms with van der Waals surface area (Å²) in [4.78, 5) is 24.9. The van der Waals surface area contributed by atoms with Gasteiger partial charge in [-0.15, -0.1) is 0 Å². The van der Waals surface area contributed by atoms with Crippen molar-refractivity contribution in [2.75, 3.05) is 33.8 Å². The molecule has 0 fully saturated rings. The standard InChI is InChI=1S/C16H20N2O4/c1-18(2)9-3-8-17-15(19)11-21-13-6-4-12-5-7-16(20)22-14(12)10-13/h4-7,10H,3,8-9,11H2,1-2H3,(H,17,19). The number of nitrogens with zero attached hydrogens (tertiary/aromatic N) is 1. The van der Waals surface area contributed by atoms with E-state index < -0.39 is 5.63 Å². The van der Waals surface area contributed by atoms with Crippen LogP contribution in [0.5, 0.6) is 5.75 Å². The molecule has 0 spiro atoms. The van der Waals surface area contributed by atoms with Crippen LogP contribution in [0.2, 0.25) is 0 Å². The lowest BCUT2D eigenvalue weighted by Gasteiger charge is -2.10. The van der Waals surface area contributed by atoms with E-state index in [-0.39, 0.29) is 12.5 Å². The van der Waals surface area contributed by atoms with Gasteiger partial charge in [0.1, 0.15) is 11.3 Å². The van der Waals surface area contributed by atoms with E-state index in [1.165, 1.54) is 6.07 Å². The van der Waals surface area contributed by atoms with Crippen molar-refractivity contribution >= 4 is 16.9 Å². The SMILES string of the molecule is CN(C)CCCNC(=O)COc1ccc2ccc(=O)oc2c1. The number of rotatable bonds is 7. The van der Waals surface area contributed by atoms with E-state index in [0.29, 0.717) is 17.9 Å². The molecule has 0 atom stereocenters. The topological polar surface area (TPSA) is 71.8 Å². The highest BCUT2D eigenvalue weighted by Crippen LogP contribution is 2.19. The fraction of sp³-hybridized carbons (Fsp3) is 0.375. The molecule has 0 bridgehead atoms. The second-order valence-electron chi connectivity index (χ2n) is 5.25. The van der Waals surface area contributed by atoms with Gasteiger partial charge >= 0.3 is 5.63 Å². The lowest BCUT2D eigenvalue weighted by Crippen LogP contribution is -2.31. The van der Waals surface area contributed by atoms with Gasteiger partial charge in [0.25, 0.3) is 5.91 Å². The highest BCUT2D eigenvalue weighted by Gasteiger charge is 2.04. The van der Waals surface area contributed by atoms with Gasteiger partial charge in [0.2, 0.25) is 0 Å². The molecule has 0 unspecified atom stereocenters. The Morgan fingerprint density at radius 3 is 2.82 bits per heavy atom. The Bertz CT molecular complexity index is 694. The van der Waals surface area contributed by atoms with Gasteiger partial charge in [-0.3, -0.25) is 4.79 Å². The second kappa shape index (κ2) is 7.61. The Morgan fingerprint density at radius 1 is 1.27 bits per heavy atom. The van der Waals surface area contributed by atoms with E-state index in [1.54, 1.807) is 24.3 Å². The molecule has 1 amide bonds. The number of amides is 1. The molecule has 2 rings (SSSR count). The molecule has 1 heterocycles. The second-order valence-corrected chi connectivity index (χ2v) is 5.25. The molecular formula is C16H20N2O4. The van der Waals surface area contributed by atoms with E-state index in [4.69, 9.17) is 9.15 Å². The summed E-state index contributed by atoms with van der Waals surface area (Å²) < 4.78 is 10.5. The van der Waals surface area contributed by atoms with Crippen LogP contribution in [0.4, 0.5) is 0 Å². The molecule has 0 aliphatic heterocycles. The van der Waals surface area contributed by atoms with E-state index in [9.17, 15) is 9.59 Å². The molecule has 1 N–H and O–H groups in total. The van der Waals surface area contributed by atoms with Crippen LogP contribution in [0.3, 0.4) is 0 Å². The van der Waals surface area contributed by atoms with E-state index in [0.717, 1.165) is 18.4 Å². The van der Waals surface area contributed by atoms with E-state index >= 15 is 0 Å². The Balaban J connectivity index is 1.83. The highest BCUT2D eigenvalue weighted by molar-refractivity contribution is 5.79. The van der Waals surface area contributed by atoms with Gasteiger partial charge in [0.05, 0.1) is 0 Å². The van der Waals surface area contributed by atoms with Crippen molar-refractivity contribution in [3.05, 3.63) is 40.8 Å². The van der Waals surface area contributed by atoms with Gasteiger partial charge < -0.3 is 19.4 Å². The molecule has 0 radical (unpaired) electrons. The van der Waals surface area contributed by atoms with Crippen LogP contribution in [0.1, 0.15) is 6.42 Å². The van der Waals surface area contributed by atoms with Crippen LogP contribution in [-0.2, 0) is 4.79 Å². The minimum atomic E-state index is -0.414. The quantitative estimate of drug-likeness (QED) is 0.615. The number of fused-ring (bicyclic) bond motifs is 1. The fourth-order valence-electron chi connectivity index (χ4n) is 1.95. The Morgan fingerprint density at radius 2 is 2.05 bits per heavy atom. The van der Waals surface area contributed by atoms with Crippen LogP contribution >= 0.6 is 0 Å². The number of carbonyl (C=O) groups excluding carboxylic acids is 1. The number of hydrogen-bond acceptors (Lipinski definition) is 5. The molecule has 0 aliphatic rings. The smallest absolute Gasteiger partial charge is 0.336 e. The van der Waals surface area contributed by atoms with Crippen LogP contribution in [0, 0.1) is 0 Å². The number of ether oxygens (including phenoxy) is 1. The molecule has 6 nitrogen and oxygen atoms in total. The van der Waals surface area contributed by atoms with Crippen molar-refractivity contribution in [2.24, 2.45) is 0 Å². The van der Waals surface area contributed by atoms with Gasteiger partial charge in [-0.2, -0.15) is 0 Å². The molecule has 118 valence electrons. The number of carbonyl (C=O) groups is 1. The first-order chi connectivity index (χ1) is 10.5. The molecule has 1 aromatic heterocycles. The monoisotopic (exact) mass is 304 g/mol. The molecule has 2 aromatic rings. The highest BCUT2D eigenvalue weighted by atomic mass is 16.5. The Kier molecular flexibility index (Phi) is 5.55. The van der Waals surface area contributed by atoms with Gasteiger partial charge in [-0.25, -0.2) is 4.79 Å². The molecule has 0 aliphatic carbocycles. The minimum Gasteiger partial charge on any atom is -0.484 e. The lowest BCUT2D eigenvalue weighted by molar-refractivity contribution is -0.123. The molecule has 22 heavy (non-hydrogen) atoms. The van der Waals surface area contributed by atoms with Crippen molar-refractivity contribution in [1.29, 1.82) is 0 Å². The third kappa shape index (κ3) is 4.89. The van der Waals surface area contributed by atoms with Crippen LogP contribution < -0.4 is 15.7 Å². The largest absolute Gasteiger partial charge is 0.484 e. The third-order valence-corrected chi connectivity index (χ3v) is 3.07. The molecule has 0 saturated carbocycles. The van der Waals surface area contributed by atoms with Crippen molar-refractivity contribution in [3.8, 4) is 5.75 Å². The zero-order valence-corrected chi connectivity index (χ0v) is 12.8. The van der Waals surface area contributed by atoms with E-state index in [2.05, 4.69) is 10.2 Å². The van der Waals surface area contributed by atoms with E-state index in [1.807, 2.05) is 14.1 Å². The maximum absolute atomic E-state index is 11.7.